The summed E-state index contributed by atoms with van der Waals surface area (Å²) < 4.78 is 0. The fourth-order valence-corrected chi connectivity index (χ4v) is 1.87. The lowest BCUT2D eigenvalue weighted by atomic mass is 10.0. The number of hydrogen-bond donors (Lipinski definition) is 1. The van der Waals surface area contributed by atoms with E-state index in [-0.39, 0.29) is 0 Å². The van der Waals surface area contributed by atoms with E-state index in [9.17, 15) is 0 Å². The van der Waals surface area contributed by atoms with Crippen molar-refractivity contribution in [2.75, 3.05) is 19.6 Å². The van der Waals surface area contributed by atoms with Crippen LogP contribution in [0.15, 0.2) is 12.7 Å². The van der Waals surface area contributed by atoms with E-state index in [1.165, 1.54) is 0 Å². The Bertz CT molecular complexity index is 166. The Morgan fingerprint density at radius 3 is 2.27 bits per heavy atom. The molecule has 0 rings (SSSR count). The van der Waals surface area contributed by atoms with Crippen LogP contribution in [0, 0.1) is 5.92 Å². The first-order chi connectivity index (χ1) is 7.04. The van der Waals surface area contributed by atoms with Crippen LogP contribution in [-0.4, -0.2) is 36.6 Å². The van der Waals surface area contributed by atoms with Crippen molar-refractivity contribution in [1.29, 1.82) is 0 Å². The summed E-state index contributed by atoms with van der Waals surface area (Å²) in [7, 11) is 0. The number of rotatable bonds is 8. The second-order valence-corrected chi connectivity index (χ2v) is 4.60. The molecule has 0 amide bonds. The van der Waals surface area contributed by atoms with E-state index in [0.29, 0.717) is 18.0 Å². The van der Waals surface area contributed by atoms with Gasteiger partial charge in [-0.1, -0.05) is 19.9 Å². The van der Waals surface area contributed by atoms with Gasteiger partial charge >= 0.3 is 0 Å². The van der Waals surface area contributed by atoms with Crippen molar-refractivity contribution in [3.05, 3.63) is 12.7 Å². The second-order valence-electron chi connectivity index (χ2n) is 4.60. The van der Waals surface area contributed by atoms with Crippen LogP contribution in [0.4, 0.5) is 0 Å². The minimum atomic E-state index is 0.585. The molecule has 2 unspecified atom stereocenters. The van der Waals surface area contributed by atoms with Crippen molar-refractivity contribution in [2.45, 2.75) is 46.7 Å². The third-order valence-electron chi connectivity index (χ3n) is 3.07. The molecule has 2 heteroatoms. The molecule has 0 fully saturated rings. The summed E-state index contributed by atoms with van der Waals surface area (Å²) in [5, 5.41) is 3.41. The summed E-state index contributed by atoms with van der Waals surface area (Å²) in [6.07, 6.45) is 2.00. The molecule has 0 spiro atoms. The van der Waals surface area contributed by atoms with Gasteiger partial charge in [0, 0.05) is 18.6 Å². The van der Waals surface area contributed by atoms with Crippen LogP contribution in [0.1, 0.15) is 34.6 Å². The second kappa shape index (κ2) is 7.89. The van der Waals surface area contributed by atoms with E-state index in [0.717, 1.165) is 19.6 Å². The van der Waals surface area contributed by atoms with Gasteiger partial charge in [0.15, 0.2) is 0 Å². The maximum atomic E-state index is 3.83. The highest BCUT2D eigenvalue weighted by molar-refractivity contribution is 4.82. The molecule has 0 saturated heterocycles. The zero-order chi connectivity index (χ0) is 11.8. The van der Waals surface area contributed by atoms with Crippen LogP contribution >= 0.6 is 0 Å². The van der Waals surface area contributed by atoms with Gasteiger partial charge in [0.2, 0.25) is 0 Å². The molecule has 2 atom stereocenters. The molecule has 0 heterocycles. The maximum Gasteiger partial charge on any atom is 0.0166 e. The monoisotopic (exact) mass is 212 g/mol. The lowest BCUT2D eigenvalue weighted by Crippen LogP contribution is -2.44. The molecule has 15 heavy (non-hydrogen) atoms. The van der Waals surface area contributed by atoms with Crippen LogP contribution in [0.5, 0.6) is 0 Å². The number of hydrogen-bond acceptors (Lipinski definition) is 2. The number of nitrogens with zero attached hydrogens (tertiary/aromatic N) is 1. The van der Waals surface area contributed by atoms with E-state index in [2.05, 4.69) is 51.4 Å². The fourth-order valence-electron chi connectivity index (χ4n) is 1.87. The largest absolute Gasteiger partial charge is 0.317 e. The summed E-state index contributed by atoms with van der Waals surface area (Å²) >= 11 is 0. The van der Waals surface area contributed by atoms with Crippen molar-refractivity contribution in [3.63, 3.8) is 0 Å². The van der Waals surface area contributed by atoms with Crippen LogP contribution in [0.2, 0.25) is 0 Å². The smallest absolute Gasteiger partial charge is 0.0166 e. The molecule has 0 saturated carbocycles. The Kier molecular flexibility index (Phi) is 7.71. The minimum Gasteiger partial charge on any atom is -0.317 e. The zero-order valence-electron chi connectivity index (χ0n) is 11.1. The third-order valence-corrected chi connectivity index (χ3v) is 3.07. The number of nitrogens with one attached hydrogen (secondary N) is 1. The molecule has 0 radical (unpaired) electrons. The molecule has 90 valence electrons. The minimum absolute atomic E-state index is 0.585. The summed E-state index contributed by atoms with van der Waals surface area (Å²) in [6.45, 7) is 18.2. The van der Waals surface area contributed by atoms with Crippen LogP contribution < -0.4 is 5.32 Å². The third kappa shape index (κ3) is 5.33. The van der Waals surface area contributed by atoms with E-state index in [1.807, 2.05) is 6.08 Å². The predicted molar refractivity (Wildman–Crippen MR) is 69.2 cm³/mol. The molecule has 0 aromatic heterocycles. The van der Waals surface area contributed by atoms with Crippen molar-refractivity contribution in [3.8, 4) is 0 Å². The lowest BCUT2D eigenvalue weighted by Gasteiger charge is -2.35. The van der Waals surface area contributed by atoms with Gasteiger partial charge in [-0.2, -0.15) is 0 Å². The highest BCUT2D eigenvalue weighted by Crippen LogP contribution is 2.13. The molecule has 0 aliphatic carbocycles. The molecule has 0 aliphatic rings. The van der Waals surface area contributed by atoms with Gasteiger partial charge in [0.25, 0.3) is 0 Å². The van der Waals surface area contributed by atoms with E-state index in [4.69, 9.17) is 0 Å². The van der Waals surface area contributed by atoms with Crippen molar-refractivity contribution in [2.24, 2.45) is 5.92 Å². The fraction of sp³-hybridized carbons (Fsp3) is 0.846. The highest BCUT2D eigenvalue weighted by Gasteiger charge is 2.20. The Balaban J connectivity index is 4.21. The molecular formula is C13H28N2. The SMILES string of the molecule is C=CCN(C(C)C)C(C)C(C)CNCC. The summed E-state index contributed by atoms with van der Waals surface area (Å²) in [4.78, 5) is 2.50. The summed E-state index contributed by atoms with van der Waals surface area (Å²) in [5.74, 6) is 0.673. The quantitative estimate of drug-likeness (QED) is 0.622. The highest BCUT2D eigenvalue weighted by atomic mass is 15.2. The Morgan fingerprint density at radius 1 is 1.27 bits per heavy atom. The standard InChI is InChI=1S/C13H28N2/c1-7-9-15(11(3)4)13(6)12(5)10-14-8-2/h7,11-14H,1,8-10H2,2-6H3. The summed E-state index contributed by atoms with van der Waals surface area (Å²) in [6, 6.07) is 1.18. The first-order valence-electron chi connectivity index (χ1n) is 6.11. The molecule has 1 N–H and O–H groups in total. The Labute approximate surface area is 95.7 Å². The van der Waals surface area contributed by atoms with Gasteiger partial charge in [0.05, 0.1) is 0 Å². The van der Waals surface area contributed by atoms with E-state index in [1.54, 1.807) is 0 Å². The van der Waals surface area contributed by atoms with Crippen LogP contribution in [0.3, 0.4) is 0 Å². The van der Waals surface area contributed by atoms with Gasteiger partial charge < -0.3 is 5.32 Å². The maximum absolute atomic E-state index is 3.83. The Hall–Kier alpha value is -0.340. The van der Waals surface area contributed by atoms with Gasteiger partial charge in [-0.25, -0.2) is 0 Å². The first kappa shape index (κ1) is 14.7. The average molecular weight is 212 g/mol. The van der Waals surface area contributed by atoms with Crippen molar-refractivity contribution >= 4 is 0 Å². The van der Waals surface area contributed by atoms with Crippen molar-refractivity contribution < 1.29 is 0 Å². The van der Waals surface area contributed by atoms with Gasteiger partial charge in [-0.05, 0) is 39.8 Å². The van der Waals surface area contributed by atoms with Gasteiger partial charge in [-0.3, -0.25) is 4.90 Å². The predicted octanol–water partition coefficient (Wildman–Crippen LogP) is 2.52. The molecule has 0 bridgehead atoms. The van der Waals surface area contributed by atoms with Gasteiger partial charge in [0.1, 0.15) is 0 Å². The van der Waals surface area contributed by atoms with Crippen LogP contribution in [-0.2, 0) is 0 Å². The molecular weight excluding hydrogens is 184 g/mol. The Morgan fingerprint density at radius 2 is 1.87 bits per heavy atom. The molecule has 2 nitrogen and oxygen atoms in total. The summed E-state index contributed by atoms with van der Waals surface area (Å²) in [5.41, 5.74) is 0. The average Bonchev–Trinajstić information content (AvgIpc) is 2.21. The molecule has 0 aliphatic heterocycles. The van der Waals surface area contributed by atoms with Gasteiger partial charge in [-0.15, -0.1) is 6.58 Å². The zero-order valence-corrected chi connectivity index (χ0v) is 11.1. The van der Waals surface area contributed by atoms with E-state index >= 15 is 0 Å². The topological polar surface area (TPSA) is 15.3 Å². The first-order valence-corrected chi connectivity index (χ1v) is 6.11. The molecule has 0 aromatic carbocycles. The van der Waals surface area contributed by atoms with E-state index < -0.39 is 0 Å². The van der Waals surface area contributed by atoms with Crippen molar-refractivity contribution in [1.82, 2.24) is 10.2 Å². The lowest BCUT2D eigenvalue weighted by molar-refractivity contribution is 0.139. The normalized spacial score (nSPS) is 15.7. The van der Waals surface area contributed by atoms with Crippen LogP contribution in [0.25, 0.3) is 0 Å². The molecule has 0 aromatic rings.